The maximum atomic E-state index is 13.3. The van der Waals surface area contributed by atoms with Gasteiger partial charge in [-0.25, -0.2) is 4.39 Å². The van der Waals surface area contributed by atoms with Crippen molar-refractivity contribution in [2.45, 2.75) is 26.3 Å². The first-order chi connectivity index (χ1) is 9.10. The molecule has 5 heteroatoms. The van der Waals surface area contributed by atoms with E-state index in [1.807, 2.05) is 0 Å². The molecule has 0 atom stereocenters. The van der Waals surface area contributed by atoms with E-state index in [2.05, 4.69) is 17.0 Å². The van der Waals surface area contributed by atoms with Gasteiger partial charge in [-0.15, -0.1) is 0 Å². The monoisotopic (exact) mass is 265 g/mol. The molecule has 1 heterocycles. The zero-order valence-corrected chi connectivity index (χ0v) is 11.1. The number of hydrogen-bond acceptors (Lipinski definition) is 3. The number of nitrogens with zero attached hydrogens (tertiary/aromatic N) is 2. The largest absolute Gasteiger partial charge is 0.409 e. The third-order valence-corrected chi connectivity index (χ3v) is 3.73. The van der Waals surface area contributed by atoms with Gasteiger partial charge in [0.15, 0.2) is 5.84 Å². The third kappa shape index (κ3) is 3.44. The summed E-state index contributed by atoms with van der Waals surface area (Å²) in [5, 5.41) is 11.7. The summed E-state index contributed by atoms with van der Waals surface area (Å²) in [5.41, 5.74) is 6.97. The summed E-state index contributed by atoms with van der Waals surface area (Å²) < 4.78 is 13.3. The Bertz CT molecular complexity index is 468. The molecular weight excluding hydrogens is 245 g/mol. The van der Waals surface area contributed by atoms with Crippen molar-refractivity contribution in [1.29, 1.82) is 0 Å². The zero-order chi connectivity index (χ0) is 13.8. The van der Waals surface area contributed by atoms with Gasteiger partial charge in [-0.3, -0.25) is 4.90 Å². The highest BCUT2D eigenvalue weighted by molar-refractivity contribution is 5.98. The Morgan fingerprint density at radius 2 is 2.16 bits per heavy atom. The van der Waals surface area contributed by atoms with E-state index in [1.165, 1.54) is 25.0 Å². The minimum Gasteiger partial charge on any atom is -0.409 e. The first kappa shape index (κ1) is 13.8. The van der Waals surface area contributed by atoms with Crippen molar-refractivity contribution < 1.29 is 9.60 Å². The molecule has 1 aromatic carbocycles. The molecule has 1 aromatic rings. The zero-order valence-electron chi connectivity index (χ0n) is 11.1. The average Bonchev–Trinajstić information content (AvgIpc) is 2.42. The van der Waals surface area contributed by atoms with Gasteiger partial charge in [0, 0.05) is 12.1 Å². The Morgan fingerprint density at radius 3 is 2.79 bits per heavy atom. The molecule has 1 saturated heterocycles. The molecule has 0 aliphatic carbocycles. The van der Waals surface area contributed by atoms with E-state index in [0.717, 1.165) is 24.6 Å². The minimum absolute atomic E-state index is 0.0418. The van der Waals surface area contributed by atoms with Crippen LogP contribution in [0.2, 0.25) is 0 Å². The summed E-state index contributed by atoms with van der Waals surface area (Å²) >= 11 is 0. The number of nitrogens with two attached hydrogens (primary N) is 1. The molecule has 0 aromatic heterocycles. The number of hydrogen-bond donors (Lipinski definition) is 2. The van der Waals surface area contributed by atoms with Crippen LogP contribution in [0.15, 0.2) is 23.4 Å². The molecular formula is C14H20FN3O. The highest BCUT2D eigenvalue weighted by Gasteiger charge is 2.18. The molecule has 0 saturated carbocycles. The predicted molar refractivity (Wildman–Crippen MR) is 72.6 cm³/mol. The molecule has 19 heavy (non-hydrogen) atoms. The van der Waals surface area contributed by atoms with Crippen molar-refractivity contribution in [3.8, 4) is 0 Å². The molecule has 3 N–H and O–H groups in total. The summed E-state index contributed by atoms with van der Waals surface area (Å²) in [6, 6.07) is 4.44. The lowest BCUT2D eigenvalue weighted by atomic mass is 9.98. The molecule has 0 spiro atoms. The fourth-order valence-electron chi connectivity index (χ4n) is 2.44. The van der Waals surface area contributed by atoms with Crippen LogP contribution in [0.5, 0.6) is 0 Å². The lowest BCUT2D eigenvalue weighted by molar-refractivity contribution is 0.185. The van der Waals surface area contributed by atoms with Crippen LogP contribution in [-0.2, 0) is 6.54 Å². The number of rotatable bonds is 3. The maximum Gasteiger partial charge on any atom is 0.170 e. The third-order valence-electron chi connectivity index (χ3n) is 3.73. The number of amidine groups is 1. The summed E-state index contributed by atoms with van der Waals surface area (Å²) in [5.74, 6) is 0.352. The van der Waals surface area contributed by atoms with E-state index < -0.39 is 0 Å². The number of benzene rings is 1. The Hall–Kier alpha value is -1.62. The highest BCUT2D eigenvalue weighted by atomic mass is 19.1. The second kappa shape index (κ2) is 6.02. The lowest BCUT2D eigenvalue weighted by Crippen LogP contribution is -2.33. The van der Waals surface area contributed by atoms with E-state index in [-0.39, 0.29) is 11.7 Å². The van der Waals surface area contributed by atoms with Gasteiger partial charge in [-0.1, -0.05) is 18.1 Å². The van der Waals surface area contributed by atoms with Gasteiger partial charge in [0.1, 0.15) is 5.82 Å². The summed E-state index contributed by atoms with van der Waals surface area (Å²) in [6.07, 6.45) is 2.36. The summed E-state index contributed by atoms with van der Waals surface area (Å²) in [7, 11) is 0. The Kier molecular flexibility index (Phi) is 4.37. The van der Waals surface area contributed by atoms with Gasteiger partial charge in [0.2, 0.25) is 0 Å². The van der Waals surface area contributed by atoms with Gasteiger partial charge in [-0.05, 0) is 49.5 Å². The van der Waals surface area contributed by atoms with Crippen molar-refractivity contribution in [2.24, 2.45) is 16.8 Å². The molecule has 4 nitrogen and oxygen atoms in total. The summed E-state index contributed by atoms with van der Waals surface area (Å²) in [6.45, 7) is 5.04. The van der Waals surface area contributed by atoms with Gasteiger partial charge in [-0.2, -0.15) is 0 Å². The van der Waals surface area contributed by atoms with E-state index in [1.54, 1.807) is 6.07 Å². The quantitative estimate of drug-likeness (QED) is 0.381. The Morgan fingerprint density at radius 1 is 1.47 bits per heavy atom. The van der Waals surface area contributed by atoms with Crippen LogP contribution in [0.3, 0.4) is 0 Å². The standard InChI is InChI=1S/C14H20FN3O/c1-10-4-6-18(7-5-10)9-11-2-3-12(15)8-13(11)14(16)17-19/h2-3,8,10,19H,4-7,9H2,1H3,(H2,16,17). The SMILES string of the molecule is CC1CCN(Cc2ccc(F)cc2/C(N)=N/O)CC1. The van der Waals surface area contributed by atoms with Crippen LogP contribution in [-0.4, -0.2) is 29.0 Å². The highest BCUT2D eigenvalue weighted by Crippen LogP contribution is 2.20. The predicted octanol–water partition coefficient (Wildman–Crippen LogP) is 2.15. The van der Waals surface area contributed by atoms with Crippen LogP contribution >= 0.6 is 0 Å². The smallest absolute Gasteiger partial charge is 0.170 e. The molecule has 0 bridgehead atoms. The van der Waals surface area contributed by atoms with Gasteiger partial charge in [0.25, 0.3) is 0 Å². The summed E-state index contributed by atoms with van der Waals surface area (Å²) in [4.78, 5) is 2.32. The topological polar surface area (TPSA) is 61.8 Å². The Balaban J connectivity index is 2.15. The van der Waals surface area contributed by atoms with Crippen LogP contribution < -0.4 is 5.73 Å². The number of likely N-dealkylation sites (tertiary alicyclic amines) is 1. The number of halogens is 1. The van der Waals surface area contributed by atoms with E-state index in [4.69, 9.17) is 10.9 Å². The first-order valence-electron chi connectivity index (χ1n) is 6.59. The molecule has 0 amide bonds. The van der Waals surface area contributed by atoms with E-state index in [0.29, 0.717) is 12.1 Å². The molecule has 0 radical (unpaired) electrons. The molecule has 1 fully saturated rings. The number of piperidine rings is 1. The van der Waals surface area contributed by atoms with Crippen LogP contribution in [0.1, 0.15) is 30.9 Å². The van der Waals surface area contributed by atoms with Gasteiger partial charge < -0.3 is 10.9 Å². The van der Waals surface area contributed by atoms with Crippen LogP contribution in [0, 0.1) is 11.7 Å². The average molecular weight is 265 g/mol. The normalized spacial score (nSPS) is 18.7. The Labute approximate surface area is 112 Å². The second-order valence-electron chi connectivity index (χ2n) is 5.25. The maximum absolute atomic E-state index is 13.3. The lowest BCUT2D eigenvalue weighted by Gasteiger charge is -2.30. The van der Waals surface area contributed by atoms with Crippen LogP contribution in [0.4, 0.5) is 4.39 Å². The van der Waals surface area contributed by atoms with Gasteiger partial charge >= 0.3 is 0 Å². The fourth-order valence-corrected chi connectivity index (χ4v) is 2.44. The van der Waals surface area contributed by atoms with Crippen molar-refractivity contribution in [1.82, 2.24) is 4.90 Å². The first-order valence-corrected chi connectivity index (χ1v) is 6.59. The number of oxime groups is 1. The fraction of sp³-hybridized carbons (Fsp3) is 0.500. The van der Waals surface area contributed by atoms with Crippen molar-refractivity contribution >= 4 is 5.84 Å². The molecule has 1 aliphatic rings. The van der Waals surface area contributed by atoms with Crippen molar-refractivity contribution in [3.63, 3.8) is 0 Å². The van der Waals surface area contributed by atoms with E-state index >= 15 is 0 Å². The van der Waals surface area contributed by atoms with Crippen molar-refractivity contribution in [2.75, 3.05) is 13.1 Å². The second-order valence-corrected chi connectivity index (χ2v) is 5.25. The van der Waals surface area contributed by atoms with Crippen LogP contribution in [0.25, 0.3) is 0 Å². The van der Waals surface area contributed by atoms with Gasteiger partial charge in [0.05, 0.1) is 0 Å². The molecule has 0 unspecified atom stereocenters. The molecule has 2 rings (SSSR count). The molecule has 104 valence electrons. The van der Waals surface area contributed by atoms with E-state index in [9.17, 15) is 4.39 Å². The minimum atomic E-state index is -0.377. The molecule has 1 aliphatic heterocycles. The van der Waals surface area contributed by atoms with Crippen molar-refractivity contribution in [3.05, 3.63) is 35.1 Å².